The number of hydrogen-bond donors (Lipinski definition) is 3. The molecule has 0 atom stereocenters. The van der Waals surface area contributed by atoms with Crippen LogP contribution in [0.1, 0.15) is 86.1 Å². The van der Waals surface area contributed by atoms with Gasteiger partial charge in [0, 0.05) is 36.3 Å². The highest BCUT2D eigenvalue weighted by atomic mass is 32.2. The van der Waals surface area contributed by atoms with Gasteiger partial charge in [-0.25, -0.2) is 12.8 Å². The number of anilines is 1. The van der Waals surface area contributed by atoms with E-state index in [1.807, 2.05) is 13.8 Å². The molecule has 0 bridgehead atoms. The molecule has 3 aliphatic heterocycles. The van der Waals surface area contributed by atoms with Crippen molar-refractivity contribution in [2.45, 2.75) is 89.4 Å². The van der Waals surface area contributed by atoms with Gasteiger partial charge in [0.25, 0.3) is 5.91 Å². The predicted octanol–water partition coefficient (Wildman–Crippen LogP) is 3.67. The predicted molar refractivity (Wildman–Crippen MR) is 165 cm³/mol. The Balaban J connectivity index is 1.21. The van der Waals surface area contributed by atoms with Gasteiger partial charge in [0.1, 0.15) is 5.82 Å². The Hall–Kier alpha value is -2.96. The number of fused-ring (bicyclic) bond motifs is 3. The first-order chi connectivity index (χ1) is 20.9. The number of aromatic nitrogens is 1. The third kappa shape index (κ3) is 6.12. The maximum atomic E-state index is 15.7. The van der Waals surface area contributed by atoms with Crippen LogP contribution < -0.4 is 16.4 Å². The first kappa shape index (κ1) is 31.0. The lowest BCUT2D eigenvalue weighted by atomic mass is 9.85. The molecule has 2 amide bonds. The number of piperidine rings is 1. The second-order valence-electron chi connectivity index (χ2n) is 13.7. The fourth-order valence-electron chi connectivity index (χ4n) is 7.65. The fourth-order valence-corrected chi connectivity index (χ4v) is 10.0. The highest BCUT2D eigenvalue weighted by Crippen LogP contribution is 2.44. The molecule has 0 spiro atoms. The number of carbonyl (C=O) groups is 2. The van der Waals surface area contributed by atoms with Crippen molar-refractivity contribution in [2.75, 3.05) is 37.2 Å². The first-order valence-electron chi connectivity index (χ1n) is 15.9. The molecule has 4 N–H and O–H groups in total. The van der Waals surface area contributed by atoms with Gasteiger partial charge >= 0.3 is 0 Å². The number of carbonyl (C=O) groups excluding carboxylic acids is 2. The van der Waals surface area contributed by atoms with Crippen LogP contribution in [0.5, 0.6) is 0 Å². The topological polar surface area (TPSA) is 136 Å². The number of likely N-dealkylation sites (tertiary alicyclic amines) is 1. The molecule has 1 aromatic carbocycles. The maximum absolute atomic E-state index is 15.7. The summed E-state index contributed by atoms with van der Waals surface area (Å²) in [6.45, 7) is 7.97. The molecular formula is C32H44FN5O5S. The Morgan fingerprint density at radius 2 is 1.80 bits per heavy atom. The lowest BCUT2D eigenvalue weighted by molar-refractivity contribution is -0.126. The van der Waals surface area contributed by atoms with Gasteiger partial charge in [-0.1, -0.05) is 20.3 Å². The molecule has 4 aliphatic rings. The minimum Gasteiger partial charge on any atom is -0.382 e. The number of ether oxygens (including phenoxy) is 1. The molecule has 10 nitrogen and oxygen atoms in total. The lowest BCUT2D eigenvalue weighted by Crippen LogP contribution is -2.41. The summed E-state index contributed by atoms with van der Waals surface area (Å²) in [6, 6.07) is 2.87. The van der Waals surface area contributed by atoms with E-state index in [1.165, 1.54) is 25.3 Å². The van der Waals surface area contributed by atoms with Crippen molar-refractivity contribution < 1.29 is 27.1 Å². The molecule has 0 radical (unpaired) electrons. The van der Waals surface area contributed by atoms with E-state index in [0.29, 0.717) is 66.2 Å². The zero-order valence-corrected chi connectivity index (χ0v) is 26.5. The zero-order valence-electron chi connectivity index (χ0n) is 25.7. The number of nitrogens with two attached hydrogens (primary N) is 1. The number of rotatable bonds is 8. The van der Waals surface area contributed by atoms with Crippen molar-refractivity contribution in [1.29, 1.82) is 0 Å². The molecule has 44 heavy (non-hydrogen) atoms. The average molecular weight is 630 g/mol. The number of primary amides is 1. The van der Waals surface area contributed by atoms with Gasteiger partial charge in [-0.2, -0.15) is 0 Å². The van der Waals surface area contributed by atoms with Crippen LogP contribution in [0, 0.1) is 17.2 Å². The average Bonchev–Trinajstić information content (AvgIpc) is 3.52. The van der Waals surface area contributed by atoms with E-state index in [1.54, 1.807) is 10.6 Å². The number of nitrogens with one attached hydrogen (secondary N) is 2. The summed E-state index contributed by atoms with van der Waals surface area (Å²) in [5.74, 6) is -1.62. The summed E-state index contributed by atoms with van der Waals surface area (Å²) in [5, 5.41) is 6.47. The van der Waals surface area contributed by atoms with Crippen LogP contribution in [0.25, 0.3) is 5.69 Å². The Morgan fingerprint density at radius 3 is 2.50 bits per heavy atom. The molecule has 6 rings (SSSR count). The van der Waals surface area contributed by atoms with E-state index in [4.69, 9.17) is 10.5 Å². The number of hydrogen-bond acceptors (Lipinski definition) is 7. The van der Waals surface area contributed by atoms with Gasteiger partial charge in [-0.05, 0) is 75.6 Å². The molecule has 12 heteroatoms. The molecule has 1 aliphatic carbocycles. The maximum Gasteiger partial charge on any atom is 0.253 e. The second kappa shape index (κ2) is 12.1. The van der Waals surface area contributed by atoms with Gasteiger partial charge < -0.3 is 30.6 Å². The quantitative estimate of drug-likeness (QED) is 0.406. The SMILES string of the molecule is CC1(C)Cc2c(c3c(n2-c2cc(F)c(C(N)=O)c(N[C@H]4CC[C@H](C(=O)NCCN5CCCCC5)CC4)c2)COC3)S(=O)(=O)C1. The van der Waals surface area contributed by atoms with Crippen LogP contribution in [0.4, 0.5) is 10.1 Å². The summed E-state index contributed by atoms with van der Waals surface area (Å²) in [7, 11) is -3.57. The van der Waals surface area contributed by atoms with Crippen LogP contribution in [0.3, 0.4) is 0 Å². The summed E-state index contributed by atoms with van der Waals surface area (Å²) in [5.41, 5.74) is 7.57. The highest BCUT2D eigenvalue weighted by molar-refractivity contribution is 7.91. The van der Waals surface area contributed by atoms with Crippen LogP contribution in [-0.2, 0) is 39.0 Å². The summed E-state index contributed by atoms with van der Waals surface area (Å²) in [6.07, 6.45) is 6.96. The van der Waals surface area contributed by atoms with Gasteiger partial charge in [0.15, 0.2) is 9.84 Å². The van der Waals surface area contributed by atoms with Crippen molar-refractivity contribution in [2.24, 2.45) is 17.1 Å². The van der Waals surface area contributed by atoms with E-state index in [0.717, 1.165) is 19.6 Å². The van der Waals surface area contributed by atoms with E-state index < -0.39 is 27.0 Å². The first-order valence-corrected chi connectivity index (χ1v) is 17.5. The van der Waals surface area contributed by atoms with Crippen molar-refractivity contribution in [3.63, 3.8) is 0 Å². The standard InChI is InChI=1S/C32H44FN5O5S/c1-32(2)16-26-29(44(41,42)19-32)23-17-43-18-27(23)38(26)22-14-24(33)28(30(34)39)25(15-22)36-21-8-6-20(7-9-21)31(40)35-10-13-37-11-4-3-5-12-37/h14-15,20-21,36H,3-13,16-19H2,1-2H3,(H2,34,39)(H,35,40)/t20-,21-. The van der Waals surface area contributed by atoms with Crippen LogP contribution in [0.2, 0.25) is 0 Å². The third-order valence-electron chi connectivity index (χ3n) is 9.66. The van der Waals surface area contributed by atoms with Crippen molar-refractivity contribution >= 4 is 27.3 Å². The number of nitrogens with zero attached hydrogens (tertiary/aromatic N) is 2. The molecular weight excluding hydrogens is 585 g/mol. The van der Waals surface area contributed by atoms with Crippen molar-refractivity contribution in [3.8, 4) is 5.69 Å². The van der Waals surface area contributed by atoms with Gasteiger partial charge in [-0.15, -0.1) is 0 Å². The number of halogens is 1. The van der Waals surface area contributed by atoms with Crippen LogP contribution in [-0.4, -0.2) is 67.7 Å². The Kier molecular flexibility index (Phi) is 8.53. The second-order valence-corrected chi connectivity index (χ2v) is 15.7. The van der Waals surface area contributed by atoms with Crippen molar-refractivity contribution in [3.05, 3.63) is 40.5 Å². The minimum absolute atomic E-state index is 0.0321. The van der Waals surface area contributed by atoms with Gasteiger partial charge in [0.05, 0.1) is 46.5 Å². The molecule has 240 valence electrons. The zero-order chi connectivity index (χ0) is 31.2. The molecule has 1 saturated heterocycles. The third-order valence-corrected chi connectivity index (χ3v) is 11.9. The van der Waals surface area contributed by atoms with Crippen LogP contribution >= 0.6 is 0 Å². The molecule has 4 heterocycles. The largest absolute Gasteiger partial charge is 0.382 e. The molecule has 0 unspecified atom stereocenters. The van der Waals surface area contributed by atoms with E-state index in [9.17, 15) is 18.0 Å². The molecule has 2 fully saturated rings. The van der Waals surface area contributed by atoms with Gasteiger partial charge in [-0.3, -0.25) is 9.59 Å². The normalized spacial score (nSPS) is 24.3. The number of sulfone groups is 1. The summed E-state index contributed by atoms with van der Waals surface area (Å²) >= 11 is 0. The molecule has 1 saturated carbocycles. The van der Waals surface area contributed by atoms with Crippen molar-refractivity contribution in [1.82, 2.24) is 14.8 Å². The smallest absolute Gasteiger partial charge is 0.253 e. The monoisotopic (exact) mass is 629 g/mol. The van der Waals surface area contributed by atoms with Crippen LogP contribution in [0.15, 0.2) is 17.0 Å². The Morgan fingerprint density at radius 1 is 1.07 bits per heavy atom. The summed E-state index contributed by atoms with van der Waals surface area (Å²) < 4.78 is 49.9. The fraction of sp³-hybridized carbons (Fsp3) is 0.625. The van der Waals surface area contributed by atoms with E-state index in [2.05, 4.69) is 15.5 Å². The molecule has 1 aromatic heterocycles. The highest BCUT2D eigenvalue weighted by Gasteiger charge is 2.43. The number of amides is 2. The Bertz CT molecular complexity index is 1560. The number of benzene rings is 1. The summed E-state index contributed by atoms with van der Waals surface area (Å²) in [4.78, 5) is 28.0. The van der Waals surface area contributed by atoms with E-state index >= 15 is 4.39 Å². The molecule has 2 aromatic rings. The Labute approximate surface area is 258 Å². The lowest BCUT2D eigenvalue weighted by Gasteiger charge is -2.31. The van der Waals surface area contributed by atoms with Gasteiger partial charge in [0.2, 0.25) is 5.91 Å². The van der Waals surface area contributed by atoms with E-state index in [-0.39, 0.29) is 48.1 Å². The minimum atomic E-state index is -3.57.